The summed E-state index contributed by atoms with van der Waals surface area (Å²) in [6.45, 7) is 19.6. The van der Waals surface area contributed by atoms with Crippen LogP contribution in [0.5, 0.6) is 0 Å². The molecule has 2 aliphatic heterocycles. The van der Waals surface area contributed by atoms with Crippen molar-refractivity contribution >= 4 is 0 Å². The van der Waals surface area contributed by atoms with Gasteiger partial charge in [0.05, 0.1) is 0 Å². The molecule has 0 radical (unpaired) electrons. The highest BCUT2D eigenvalue weighted by Gasteiger charge is 2.49. The van der Waals surface area contributed by atoms with Gasteiger partial charge < -0.3 is 0 Å². The molecular weight excluding hydrogens is 268 g/mol. The molecule has 130 valence electrons. The molecule has 2 aliphatic rings. The first-order valence-electron chi connectivity index (χ1n) is 9.66. The summed E-state index contributed by atoms with van der Waals surface area (Å²) >= 11 is 0. The van der Waals surface area contributed by atoms with Crippen LogP contribution in [0.2, 0.25) is 0 Å². The Labute approximate surface area is 139 Å². The third-order valence-corrected chi connectivity index (χ3v) is 6.17. The smallest absolute Gasteiger partial charge is 0.0306 e. The second kappa shape index (κ2) is 6.43. The van der Waals surface area contributed by atoms with Crippen LogP contribution < -0.4 is 0 Å². The first-order chi connectivity index (χ1) is 10.1. The lowest BCUT2D eigenvalue weighted by Crippen LogP contribution is -2.71. The first-order valence-corrected chi connectivity index (χ1v) is 9.66. The zero-order valence-corrected chi connectivity index (χ0v) is 16.4. The van der Waals surface area contributed by atoms with Crippen LogP contribution in [0, 0.1) is 11.8 Å². The molecule has 0 bridgehead atoms. The molecule has 0 N–H and O–H groups in total. The average molecular weight is 309 g/mol. The fraction of sp³-hybridized carbons (Fsp3) is 1.00. The van der Waals surface area contributed by atoms with Crippen LogP contribution in [0.25, 0.3) is 0 Å². The summed E-state index contributed by atoms with van der Waals surface area (Å²) in [6, 6.07) is 1.41. The second-order valence-electron chi connectivity index (χ2n) is 9.72. The van der Waals surface area contributed by atoms with Crippen LogP contribution in [-0.2, 0) is 0 Å². The summed E-state index contributed by atoms with van der Waals surface area (Å²) in [5.41, 5.74) is 0.554. The maximum atomic E-state index is 2.87. The molecule has 2 fully saturated rings. The molecule has 0 spiro atoms. The van der Waals surface area contributed by atoms with Gasteiger partial charge in [-0.3, -0.25) is 0 Å². The fourth-order valence-electron chi connectivity index (χ4n) is 5.23. The maximum Gasteiger partial charge on any atom is 0.0306 e. The summed E-state index contributed by atoms with van der Waals surface area (Å²) < 4.78 is 0. The van der Waals surface area contributed by atoms with Gasteiger partial charge in [-0.2, -0.15) is 0 Å². The number of piperidine rings is 2. The van der Waals surface area contributed by atoms with Crippen LogP contribution in [0.1, 0.15) is 93.9 Å². The van der Waals surface area contributed by atoms with Gasteiger partial charge in [0.1, 0.15) is 0 Å². The van der Waals surface area contributed by atoms with Crippen molar-refractivity contribution in [3.63, 3.8) is 0 Å². The molecule has 2 nitrogen and oxygen atoms in total. The van der Waals surface area contributed by atoms with Crippen molar-refractivity contribution < 1.29 is 0 Å². The van der Waals surface area contributed by atoms with Crippen molar-refractivity contribution in [2.45, 2.75) is 117 Å². The summed E-state index contributed by atoms with van der Waals surface area (Å²) in [5, 5.41) is 5.70. The fourth-order valence-corrected chi connectivity index (χ4v) is 5.23. The first kappa shape index (κ1) is 18.3. The van der Waals surface area contributed by atoms with Crippen molar-refractivity contribution in [2.24, 2.45) is 11.8 Å². The molecule has 0 aliphatic carbocycles. The SMILES string of the molecule is CC(C)C1CCCC(C(C)C)N1N1C(C)(C)CCCC1(C)C. The maximum absolute atomic E-state index is 2.87. The number of hydrogen-bond acceptors (Lipinski definition) is 2. The van der Waals surface area contributed by atoms with Crippen LogP contribution in [0.15, 0.2) is 0 Å². The largest absolute Gasteiger partial charge is 0.234 e. The molecule has 2 unspecified atom stereocenters. The summed E-state index contributed by atoms with van der Waals surface area (Å²) in [5.74, 6) is 1.46. The molecule has 2 heteroatoms. The average Bonchev–Trinajstić information content (AvgIpc) is 2.36. The minimum atomic E-state index is 0.277. The Bertz CT molecular complexity index is 338. The molecule has 2 heterocycles. The van der Waals surface area contributed by atoms with E-state index in [1.165, 1.54) is 38.5 Å². The van der Waals surface area contributed by atoms with E-state index in [-0.39, 0.29) is 11.1 Å². The molecule has 0 aromatic heterocycles. The van der Waals surface area contributed by atoms with Gasteiger partial charge in [0.2, 0.25) is 0 Å². The zero-order valence-electron chi connectivity index (χ0n) is 16.4. The van der Waals surface area contributed by atoms with Crippen LogP contribution in [-0.4, -0.2) is 33.2 Å². The van der Waals surface area contributed by atoms with E-state index in [4.69, 9.17) is 0 Å². The van der Waals surface area contributed by atoms with Gasteiger partial charge in [0.15, 0.2) is 0 Å². The molecule has 22 heavy (non-hydrogen) atoms. The normalized spacial score (nSPS) is 33.5. The quantitative estimate of drug-likeness (QED) is 0.681. The van der Waals surface area contributed by atoms with Crippen molar-refractivity contribution in [1.82, 2.24) is 10.0 Å². The monoisotopic (exact) mass is 308 g/mol. The third kappa shape index (κ3) is 3.38. The van der Waals surface area contributed by atoms with E-state index < -0.39 is 0 Å². The van der Waals surface area contributed by atoms with Gasteiger partial charge in [0, 0.05) is 23.2 Å². The van der Waals surface area contributed by atoms with Gasteiger partial charge in [-0.15, -0.1) is 0 Å². The molecule has 2 atom stereocenters. The Morgan fingerprint density at radius 3 is 1.50 bits per heavy atom. The van der Waals surface area contributed by atoms with E-state index in [0.29, 0.717) is 12.1 Å². The van der Waals surface area contributed by atoms with Crippen molar-refractivity contribution in [2.75, 3.05) is 0 Å². The Hall–Kier alpha value is -0.0800. The van der Waals surface area contributed by atoms with Gasteiger partial charge in [0.25, 0.3) is 0 Å². The molecule has 0 amide bonds. The van der Waals surface area contributed by atoms with E-state index in [1.54, 1.807) is 0 Å². The van der Waals surface area contributed by atoms with Gasteiger partial charge >= 0.3 is 0 Å². The molecule has 2 rings (SSSR count). The molecule has 0 saturated carbocycles. The van der Waals surface area contributed by atoms with E-state index in [0.717, 1.165) is 11.8 Å². The number of nitrogens with zero attached hydrogens (tertiary/aromatic N) is 2. The minimum Gasteiger partial charge on any atom is -0.234 e. The van der Waals surface area contributed by atoms with Gasteiger partial charge in [-0.05, 0) is 71.6 Å². The van der Waals surface area contributed by atoms with E-state index >= 15 is 0 Å². The Kier molecular flexibility index (Phi) is 5.34. The molecule has 0 aromatic rings. The molecule has 2 saturated heterocycles. The summed E-state index contributed by atoms with van der Waals surface area (Å²) in [4.78, 5) is 0. The highest BCUT2D eigenvalue weighted by atomic mass is 15.7. The topological polar surface area (TPSA) is 6.48 Å². The van der Waals surface area contributed by atoms with Crippen LogP contribution >= 0.6 is 0 Å². The lowest BCUT2D eigenvalue weighted by Gasteiger charge is -2.63. The Balaban J connectivity index is 2.44. The lowest BCUT2D eigenvalue weighted by molar-refractivity contribution is -0.242. The Morgan fingerprint density at radius 2 is 1.14 bits per heavy atom. The van der Waals surface area contributed by atoms with Crippen LogP contribution in [0.3, 0.4) is 0 Å². The predicted molar refractivity (Wildman–Crippen MR) is 96.8 cm³/mol. The molecule has 0 aromatic carbocycles. The van der Waals surface area contributed by atoms with Crippen molar-refractivity contribution in [1.29, 1.82) is 0 Å². The number of hydrazine groups is 1. The second-order valence-corrected chi connectivity index (χ2v) is 9.72. The van der Waals surface area contributed by atoms with Crippen molar-refractivity contribution in [3.05, 3.63) is 0 Å². The Morgan fingerprint density at radius 1 is 0.727 bits per heavy atom. The van der Waals surface area contributed by atoms with Gasteiger partial charge in [-0.25, -0.2) is 10.0 Å². The van der Waals surface area contributed by atoms with Crippen LogP contribution in [0.4, 0.5) is 0 Å². The van der Waals surface area contributed by atoms with E-state index in [2.05, 4.69) is 65.4 Å². The third-order valence-electron chi connectivity index (χ3n) is 6.17. The number of rotatable bonds is 3. The number of hydrogen-bond donors (Lipinski definition) is 0. The summed E-state index contributed by atoms with van der Waals surface area (Å²) in [7, 11) is 0. The summed E-state index contributed by atoms with van der Waals surface area (Å²) in [6.07, 6.45) is 8.14. The van der Waals surface area contributed by atoms with E-state index in [9.17, 15) is 0 Å². The van der Waals surface area contributed by atoms with Gasteiger partial charge in [-0.1, -0.05) is 34.1 Å². The highest BCUT2D eigenvalue weighted by Crippen LogP contribution is 2.44. The van der Waals surface area contributed by atoms with Crippen molar-refractivity contribution in [3.8, 4) is 0 Å². The standard InChI is InChI=1S/C20H40N2/c1-15(2)17-11-9-12-18(16(3)4)21(17)22-19(5,6)13-10-14-20(22,7)8/h15-18H,9-14H2,1-8H3. The highest BCUT2D eigenvalue weighted by molar-refractivity contribution is 5.00. The zero-order chi connectivity index (χ0) is 16.7. The van der Waals surface area contributed by atoms with E-state index in [1.807, 2.05) is 0 Å². The minimum absolute atomic E-state index is 0.277. The molecular formula is C20H40N2. The predicted octanol–water partition coefficient (Wildman–Crippen LogP) is 5.48. The lowest BCUT2D eigenvalue weighted by atomic mass is 9.79.